The molecule has 1 saturated heterocycles. The standard InChI is InChI=1S/C15H22F2N2/c1-15(2,3)13-10-19(8-7-18-13)9-11-5-4-6-12(16)14(11)17/h4-6,13,18H,7-10H2,1-3H3. The third-order valence-corrected chi connectivity index (χ3v) is 3.73. The fourth-order valence-electron chi connectivity index (χ4n) is 2.45. The van der Waals surface area contributed by atoms with Crippen molar-refractivity contribution in [3.63, 3.8) is 0 Å². The molecule has 1 aliphatic heterocycles. The zero-order valence-corrected chi connectivity index (χ0v) is 11.8. The second-order valence-electron chi connectivity index (χ2n) is 6.32. The highest BCUT2D eigenvalue weighted by Crippen LogP contribution is 2.23. The Balaban J connectivity index is 2.05. The minimum atomic E-state index is -0.764. The van der Waals surface area contributed by atoms with Crippen LogP contribution in [0.1, 0.15) is 26.3 Å². The Kier molecular flexibility index (Phi) is 4.21. The van der Waals surface area contributed by atoms with Gasteiger partial charge in [-0.3, -0.25) is 4.90 Å². The van der Waals surface area contributed by atoms with Gasteiger partial charge in [0.25, 0.3) is 0 Å². The van der Waals surface area contributed by atoms with Crippen molar-refractivity contribution < 1.29 is 8.78 Å². The van der Waals surface area contributed by atoms with E-state index in [0.717, 1.165) is 25.7 Å². The van der Waals surface area contributed by atoms with Crippen molar-refractivity contribution in [3.8, 4) is 0 Å². The van der Waals surface area contributed by atoms with Crippen LogP contribution in [0.2, 0.25) is 0 Å². The van der Waals surface area contributed by atoms with Gasteiger partial charge in [-0.25, -0.2) is 8.78 Å². The van der Waals surface area contributed by atoms with Crippen LogP contribution in [0.15, 0.2) is 18.2 Å². The molecule has 4 heteroatoms. The van der Waals surface area contributed by atoms with Crippen LogP contribution < -0.4 is 5.32 Å². The lowest BCUT2D eigenvalue weighted by Crippen LogP contribution is -2.55. The average molecular weight is 268 g/mol. The van der Waals surface area contributed by atoms with E-state index in [1.54, 1.807) is 12.1 Å². The van der Waals surface area contributed by atoms with Crippen LogP contribution in [-0.2, 0) is 6.54 Å². The van der Waals surface area contributed by atoms with Gasteiger partial charge in [0.15, 0.2) is 11.6 Å². The van der Waals surface area contributed by atoms with E-state index in [0.29, 0.717) is 18.2 Å². The molecule has 1 N–H and O–H groups in total. The Morgan fingerprint density at radius 2 is 2.05 bits per heavy atom. The van der Waals surface area contributed by atoms with Crippen LogP contribution in [0.3, 0.4) is 0 Å². The first-order valence-corrected chi connectivity index (χ1v) is 6.76. The molecule has 0 bridgehead atoms. The molecule has 1 unspecified atom stereocenters. The zero-order valence-electron chi connectivity index (χ0n) is 11.8. The van der Waals surface area contributed by atoms with E-state index in [9.17, 15) is 8.78 Å². The molecule has 0 saturated carbocycles. The Labute approximate surface area is 113 Å². The summed E-state index contributed by atoms with van der Waals surface area (Å²) in [5, 5.41) is 3.49. The predicted octanol–water partition coefficient (Wildman–Crippen LogP) is 2.78. The van der Waals surface area contributed by atoms with Gasteiger partial charge in [-0.1, -0.05) is 32.9 Å². The molecule has 2 nitrogen and oxygen atoms in total. The largest absolute Gasteiger partial charge is 0.311 e. The van der Waals surface area contributed by atoms with Crippen molar-refractivity contribution in [2.24, 2.45) is 5.41 Å². The lowest BCUT2D eigenvalue weighted by atomic mass is 9.85. The van der Waals surface area contributed by atoms with E-state index in [1.165, 1.54) is 0 Å². The number of benzene rings is 1. The fraction of sp³-hybridized carbons (Fsp3) is 0.600. The molecule has 106 valence electrons. The molecule has 19 heavy (non-hydrogen) atoms. The highest BCUT2D eigenvalue weighted by atomic mass is 19.2. The van der Waals surface area contributed by atoms with Gasteiger partial charge < -0.3 is 5.32 Å². The van der Waals surface area contributed by atoms with Crippen LogP contribution >= 0.6 is 0 Å². The van der Waals surface area contributed by atoms with E-state index < -0.39 is 11.6 Å². The first-order chi connectivity index (χ1) is 8.88. The molecule has 0 amide bonds. The smallest absolute Gasteiger partial charge is 0.163 e. The van der Waals surface area contributed by atoms with Crippen molar-refractivity contribution in [1.29, 1.82) is 0 Å². The minimum Gasteiger partial charge on any atom is -0.311 e. The highest BCUT2D eigenvalue weighted by molar-refractivity contribution is 5.19. The highest BCUT2D eigenvalue weighted by Gasteiger charge is 2.29. The lowest BCUT2D eigenvalue weighted by molar-refractivity contribution is 0.128. The van der Waals surface area contributed by atoms with E-state index >= 15 is 0 Å². The first kappa shape index (κ1) is 14.4. The van der Waals surface area contributed by atoms with Crippen molar-refractivity contribution in [2.75, 3.05) is 19.6 Å². The molecule has 0 spiro atoms. The van der Waals surface area contributed by atoms with Crippen LogP contribution in [-0.4, -0.2) is 30.6 Å². The number of rotatable bonds is 2. The molecular formula is C15H22F2N2. The molecule has 1 heterocycles. The maximum absolute atomic E-state index is 13.7. The van der Waals surface area contributed by atoms with Crippen LogP contribution in [0, 0.1) is 17.0 Å². The van der Waals surface area contributed by atoms with Gasteiger partial charge in [-0.15, -0.1) is 0 Å². The molecule has 1 aromatic carbocycles. The number of nitrogens with one attached hydrogen (secondary N) is 1. The summed E-state index contributed by atoms with van der Waals surface area (Å²) in [5.41, 5.74) is 0.605. The quantitative estimate of drug-likeness (QED) is 0.887. The van der Waals surface area contributed by atoms with Gasteiger partial charge in [0.05, 0.1) is 0 Å². The second kappa shape index (κ2) is 5.55. The van der Waals surface area contributed by atoms with Gasteiger partial charge >= 0.3 is 0 Å². The second-order valence-corrected chi connectivity index (χ2v) is 6.32. The van der Waals surface area contributed by atoms with Crippen LogP contribution in [0.25, 0.3) is 0 Å². The summed E-state index contributed by atoms with van der Waals surface area (Å²) in [7, 11) is 0. The van der Waals surface area contributed by atoms with E-state index in [1.807, 2.05) is 0 Å². The lowest BCUT2D eigenvalue weighted by Gasteiger charge is -2.40. The molecule has 0 radical (unpaired) electrons. The first-order valence-electron chi connectivity index (χ1n) is 6.76. The van der Waals surface area contributed by atoms with Gasteiger partial charge in [0, 0.05) is 37.8 Å². The van der Waals surface area contributed by atoms with Crippen molar-refractivity contribution in [3.05, 3.63) is 35.4 Å². The average Bonchev–Trinajstić information content (AvgIpc) is 2.34. The van der Waals surface area contributed by atoms with Gasteiger partial charge in [-0.2, -0.15) is 0 Å². The van der Waals surface area contributed by atoms with Crippen molar-refractivity contribution >= 4 is 0 Å². The minimum absolute atomic E-state index is 0.166. The number of hydrogen-bond donors (Lipinski definition) is 1. The summed E-state index contributed by atoms with van der Waals surface area (Å²) in [6.45, 7) is 9.66. The Morgan fingerprint density at radius 3 is 2.74 bits per heavy atom. The maximum atomic E-state index is 13.7. The SMILES string of the molecule is CC(C)(C)C1CN(Cc2cccc(F)c2F)CCN1. The van der Waals surface area contributed by atoms with Crippen molar-refractivity contribution in [2.45, 2.75) is 33.4 Å². The van der Waals surface area contributed by atoms with E-state index in [2.05, 4.69) is 31.0 Å². The maximum Gasteiger partial charge on any atom is 0.163 e. The third kappa shape index (κ3) is 3.51. The number of nitrogens with zero attached hydrogens (tertiary/aromatic N) is 1. The van der Waals surface area contributed by atoms with Crippen LogP contribution in [0.5, 0.6) is 0 Å². The number of halogens is 2. The molecule has 0 aromatic heterocycles. The summed E-state index contributed by atoms with van der Waals surface area (Å²) < 4.78 is 26.9. The topological polar surface area (TPSA) is 15.3 Å². The Bertz CT molecular complexity index is 440. The third-order valence-electron chi connectivity index (χ3n) is 3.73. The normalized spacial score (nSPS) is 21.6. The zero-order chi connectivity index (χ0) is 14.0. The molecule has 1 aromatic rings. The van der Waals surface area contributed by atoms with E-state index in [4.69, 9.17) is 0 Å². The summed E-state index contributed by atoms with van der Waals surface area (Å²) in [4.78, 5) is 2.18. The van der Waals surface area contributed by atoms with Gasteiger partial charge in [0.2, 0.25) is 0 Å². The molecule has 2 rings (SSSR count). The molecule has 1 atom stereocenters. The molecule has 1 aliphatic rings. The summed E-state index contributed by atoms with van der Waals surface area (Å²) >= 11 is 0. The van der Waals surface area contributed by atoms with Crippen molar-refractivity contribution in [1.82, 2.24) is 10.2 Å². The van der Waals surface area contributed by atoms with Crippen LogP contribution in [0.4, 0.5) is 8.78 Å². The monoisotopic (exact) mass is 268 g/mol. The number of piperazine rings is 1. The summed E-state index contributed by atoms with van der Waals surface area (Å²) in [6, 6.07) is 4.76. The Hall–Kier alpha value is -1.00. The predicted molar refractivity (Wildman–Crippen MR) is 72.9 cm³/mol. The van der Waals surface area contributed by atoms with E-state index in [-0.39, 0.29) is 5.41 Å². The molecular weight excluding hydrogens is 246 g/mol. The Morgan fingerprint density at radius 1 is 1.32 bits per heavy atom. The fourth-order valence-corrected chi connectivity index (χ4v) is 2.45. The van der Waals surface area contributed by atoms with Gasteiger partial charge in [-0.05, 0) is 11.5 Å². The van der Waals surface area contributed by atoms with Gasteiger partial charge in [0.1, 0.15) is 0 Å². The number of hydrogen-bond acceptors (Lipinski definition) is 2. The summed E-state index contributed by atoms with van der Waals surface area (Å²) in [5.74, 6) is -1.48. The summed E-state index contributed by atoms with van der Waals surface area (Å²) in [6.07, 6.45) is 0. The molecule has 0 aliphatic carbocycles. The molecule has 1 fully saturated rings.